The van der Waals surface area contributed by atoms with E-state index in [9.17, 15) is 4.79 Å². The zero-order valence-electron chi connectivity index (χ0n) is 10.5. The first-order chi connectivity index (χ1) is 8.50. The number of Topliss-reactive ketones (excluding diaryl/α,β-unsaturated/α-hetero) is 1. The van der Waals surface area contributed by atoms with E-state index in [0.29, 0.717) is 5.69 Å². The third-order valence-corrected chi connectivity index (χ3v) is 2.94. The van der Waals surface area contributed by atoms with Crippen LogP contribution in [0.5, 0.6) is 0 Å². The summed E-state index contributed by atoms with van der Waals surface area (Å²) in [5, 5.41) is 7.70. The minimum Gasteiger partial charge on any atom is -0.315 e. The summed E-state index contributed by atoms with van der Waals surface area (Å²) in [4.78, 5) is 12.2. The van der Waals surface area contributed by atoms with Gasteiger partial charge in [-0.1, -0.05) is 35.5 Å². The summed E-state index contributed by atoms with van der Waals surface area (Å²) in [7, 11) is 1.76. The molecular formula is C13H16N4O. The normalized spacial score (nSPS) is 14.2. The summed E-state index contributed by atoms with van der Waals surface area (Å²) < 4.78 is 1.57. The molecule has 1 unspecified atom stereocenters. The van der Waals surface area contributed by atoms with Crippen molar-refractivity contribution < 1.29 is 4.79 Å². The van der Waals surface area contributed by atoms with Crippen molar-refractivity contribution in [2.45, 2.75) is 18.9 Å². The van der Waals surface area contributed by atoms with Crippen LogP contribution in [-0.2, 0) is 23.8 Å². The molecule has 1 aromatic heterocycles. The highest BCUT2D eigenvalue weighted by atomic mass is 16.1. The van der Waals surface area contributed by atoms with E-state index in [-0.39, 0.29) is 12.2 Å². The van der Waals surface area contributed by atoms with Crippen molar-refractivity contribution >= 4 is 5.78 Å². The largest absolute Gasteiger partial charge is 0.315 e. The Labute approximate surface area is 106 Å². The quantitative estimate of drug-likeness (QED) is 0.863. The number of ketones is 1. The number of nitrogens with two attached hydrogens (primary N) is 1. The van der Waals surface area contributed by atoms with Crippen molar-refractivity contribution in [3.63, 3.8) is 0 Å². The molecule has 2 N–H and O–H groups in total. The van der Waals surface area contributed by atoms with Crippen LogP contribution < -0.4 is 5.73 Å². The van der Waals surface area contributed by atoms with Gasteiger partial charge in [0.15, 0.2) is 5.78 Å². The van der Waals surface area contributed by atoms with Gasteiger partial charge in [-0.05, 0) is 12.5 Å². The Morgan fingerprint density at radius 1 is 1.39 bits per heavy atom. The van der Waals surface area contributed by atoms with Crippen LogP contribution in [0.2, 0.25) is 0 Å². The monoisotopic (exact) mass is 244 g/mol. The number of carbonyl (C=O) groups excluding carboxylic acids is 1. The van der Waals surface area contributed by atoms with Gasteiger partial charge in [-0.3, -0.25) is 9.48 Å². The van der Waals surface area contributed by atoms with Gasteiger partial charge >= 0.3 is 0 Å². The van der Waals surface area contributed by atoms with Gasteiger partial charge in [0.2, 0.25) is 0 Å². The molecule has 0 bridgehead atoms. The zero-order chi connectivity index (χ0) is 13.2. The molecule has 5 nitrogen and oxygen atoms in total. The molecule has 2 aromatic rings. The van der Waals surface area contributed by atoms with E-state index in [1.807, 2.05) is 30.3 Å². The van der Waals surface area contributed by atoms with Gasteiger partial charge in [0, 0.05) is 13.2 Å². The first-order valence-electron chi connectivity index (χ1n) is 5.73. The number of aryl methyl sites for hydroxylation is 1. The third-order valence-electron chi connectivity index (χ3n) is 2.94. The SMILES string of the molecule is Cn1cc(CC(=O)C(C)(N)c2ccccc2)nn1. The molecule has 0 spiro atoms. The van der Waals surface area contributed by atoms with Crippen molar-refractivity contribution in [1.82, 2.24) is 15.0 Å². The second-order valence-electron chi connectivity index (χ2n) is 4.55. The molecule has 18 heavy (non-hydrogen) atoms. The molecule has 0 aliphatic heterocycles. The predicted molar refractivity (Wildman–Crippen MR) is 67.7 cm³/mol. The molecule has 94 valence electrons. The van der Waals surface area contributed by atoms with Crippen molar-refractivity contribution in [3.05, 3.63) is 47.8 Å². The van der Waals surface area contributed by atoms with E-state index in [2.05, 4.69) is 10.3 Å². The summed E-state index contributed by atoms with van der Waals surface area (Å²) >= 11 is 0. The molecule has 2 rings (SSSR count). The first kappa shape index (κ1) is 12.4. The van der Waals surface area contributed by atoms with Crippen molar-refractivity contribution in [3.8, 4) is 0 Å². The maximum absolute atomic E-state index is 12.2. The molecular weight excluding hydrogens is 228 g/mol. The Bertz CT molecular complexity index is 545. The Morgan fingerprint density at radius 2 is 2.06 bits per heavy atom. The number of rotatable bonds is 4. The van der Waals surface area contributed by atoms with E-state index in [1.54, 1.807) is 24.9 Å². The maximum Gasteiger partial charge on any atom is 0.162 e. The highest BCUT2D eigenvalue weighted by molar-refractivity contribution is 5.90. The summed E-state index contributed by atoms with van der Waals surface area (Å²) in [6, 6.07) is 9.35. The highest BCUT2D eigenvalue weighted by Crippen LogP contribution is 2.19. The van der Waals surface area contributed by atoms with Crippen LogP contribution in [0.25, 0.3) is 0 Å². The van der Waals surface area contributed by atoms with Crippen LogP contribution in [0.4, 0.5) is 0 Å². The van der Waals surface area contributed by atoms with Gasteiger partial charge in [0.05, 0.1) is 17.7 Å². The Hall–Kier alpha value is -2.01. The minimum atomic E-state index is -1.00. The van der Waals surface area contributed by atoms with Gasteiger partial charge < -0.3 is 5.73 Å². The third kappa shape index (κ3) is 2.46. The average Bonchev–Trinajstić information content (AvgIpc) is 2.76. The smallest absolute Gasteiger partial charge is 0.162 e. The number of hydrogen-bond acceptors (Lipinski definition) is 4. The molecule has 1 heterocycles. The lowest BCUT2D eigenvalue weighted by Crippen LogP contribution is -2.42. The van der Waals surface area contributed by atoms with Crippen LogP contribution in [0.3, 0.4) is 0 Å². The number of aromatic nitrogens is 3. The maximum atomic E-state index is 12.2. The molecule has 1 aromatic carbocycles. The van der Waals surface area contributed by atoms with E-state index < -0.39 is 5.54 Å². The minimum absolute atomic E-state index is 0.0748. The van der Waals surface area contributed by atoms with Crippen LogP contribution in [0.15, 0.2) is 36.5 Å². The first-order valence-corrected chi connectivity index (χ1v) is 5.73. The molecule has 0 fully saturated rings. The number of hydrogen-bond donors (Lipinski definition) is 1. The molecule has 0 aliphatic carbocycles. The van der Waals surface area contributed by atoms with E-state index in [1.165, 1.54) is 0 Å². The van der Waals surface area contributed by atoms with Gasteiger partial charge in [-0.15, -0.1) is 5.10 Å². The fraction of sp³-hybridized carbons (Fsp3) is 0.308. The second-order valence-corrected chi connectivity index (χ2v) is 4.55. The average molecular weight is 244 g/mol. The summed E-state index contributed by atoms with van der Waals surface area (Å²) in [6.45, 7) is 1.72. The van der Waals surface area contributed by atoms with Crippen LogP contribution >= 0.6 is 0 Å². The van der Waals surface area contributed by atoms with Gasteiger partial charge in [0.25, 0.3) is 0 Å². The topological polar surface area (TPSA) is 73.8 Å². The molecule has 0 aliphatic rings. The van der Waals surface area contributed by atoms with E-state index >= 15 is 0 Å². The van der Waals surface area contributed by atoms with Crippen LogP contribution in [0.1, 0.15) is 18.2 Å². The van der Waals surface area contributed by atoms with Crippen molar-refractivity contribution in [2.75, 3.05) is 0 Å². The zero-order valence-corrected chi connectivity index (χ0v) is 10.5. The molecule has 0 saturated carbocycles. The van der Waals surface area contributed by atoms with Crippen LogP contribution in [-0.4, -0.2) is 20.8 Å². The fourth-order valence-electron chi connectivity index (χ4n) is 1.77. The Balaban J connectivity index is 2.18. The van der Waals surface area contributed by atoms with Gasteiger partial charge in [-0.2, -0.15) is 0 Å². The van der Waals surface area contributed by atoms with Crippen LogP contribution in [0, 0.1) is 0 Å². The number of carbonyl (C=O) groups is 1. The summed E-state index contributed by atoms with van der Waals surface area (Å²) in [5.41, 5.74) is 6.57. The Kier molecular flexibility index (Phi) is 3.25. The van der Waals surface area contributed by atoms with E-state index in [0.717, 1.165) is 5.56 Å². The number of benzene rings is 1. The summed E-state index contributed by atoms with van der Waals surface area (Å²) in [5.74, 6) is -0.0748. The standard InChI is InChI=1S/C13H16N4O/c1-13(14,10-6-4-3-5-7-10)12(18)8-11-9-17(2)16-15-11/h3-7,9H,8,14H2,1-2H3. The molecule has 0 saturated heterocycles. The lowest BCUT2D eigenvalue weighted by atomic mass is 9.87. The van der Waals surface area contributed by atoms with Gasteiger partial charge in [-0.25, -0.2) is 0 Å². The predicted octanol–water partition coefficient (Wildman–Crippen LogP) is 0.801. The molecule has 0 radical (unpaired) electrons. The molecule has 1 atom stereocenters. The Morgan fingerprint density at radius 3 is 2.61 bits per heavy atom. The summed E-state index contributed by atoms with van der Waals surface area (Å²) in [6.07, 6.45) is 1.91. The highest BCUT2D eigenvalue weighted by Gasteiger charge is 2.30. The second kappa shape index (κ2) is 4.70. The van der Waals surface area contributed by atoms with E-state index in [4.69, 9.17) is 5.73 Å². The lowest BCUT2D eigenvalue weighted by Gasteiger charge is -2.23. The lowest BCUT2D eigenvalue weighted by molar-refractivity contribution is -0.123. The number of nitrogens with zero attached hydrogens (tertiary/aromatic N) is 3. The fourth-order valence-corrected chi connectivity index (χ4v) is 1.77. The van der Waals surface area contributed by atoms with Gasteiger partial charge in [0.1, 0.15) is 0 Å². The molecule has 5 heteroatoms. The van der Waals surface area contributed by atoms with Crippen molar-refractivity contribution in [2.24, 2.45) is 12.8 Å². The molecule has 0 amide bonds. The van der Waals surface area contributed by atoms with Crippen molar-refractivity contribution in [1.29, 1.82) is 0 Å².